The molecule has 1 aliphatic rings. The Kier molecular flexibility index (Phi) is 2.64. The van der Waals surface area contributed by atoms with Crippen LogP contribution in [0.3, 0.4) is 0 Å². The summed E-state index contributed by atoms with van der Waals surface area (Å²) < 4.78 is 10.2. The van der Waals surface area contributed by atoms with E-state index < -0.39 is 17.7 Å². The van der Waals surface area contributed by atoms with E-state index in [0.717, 1.165) is 0 Å². The predicted molar refractivity (Wildman–Crippen MR) is 49.2 cm³/mol. The van der Waals surface area contributed by atoms with E-state index in [9.17, 15) is 9.59 Å². The van der Waals surface area contributed by atoms with Crippen molar-refractivity contribution in [3.05, 3.63) is 11.8 Å². The van der Waals surface area contributed by atoms with Crippen molar-refractivity contribution in [1.82, 2.24) is 0 Å². The highest BCUT2D eigenvalue weighted by atomic mass is 16.7. The van der Waals surface area contributed by atoms with Crippen LogP contribution < -0.4 is 0 Å². The van der Waals surface area contributed by atoms with Crippen molar-refractivity contribution in [3.8, 4) is 0 Å². The van der Waals surface area contributed by atoms with Gasteiger partial charge in [0.25, 0.3) is 6.29 Å². The lowest BCUT2D eigenvalue weighted by atomic mass is 9.85. The maximum absolute atomic E-state index is 11.6. The Morgan fingerprint density at radius 2 is 2.14 bits per heavy atom. The highest BCUT2D eigenvalue weighted by molar-refractivity contribution is 5.95. The minimum absolute atomic E-state index is 0.0903. The standard InChI is InChI=1S/C10H14O4/c1-6-5-8(12)10(3,4)9(13-6)14-7(2)11/h5,9H,1-4H3. The fraction of sp³-hybridized carbons (Fsp3) is 0.600. The van der Waals surface area contributed by atoms with E-state index in [-0.39, 0.29) is 5.78 Å². The Balaban J connectivity index is 2.91. The molecule has 0 N–H and O–H groups in total. The first-order valence-corrected chi connectivity index (χ1v) is 4.40. The molecule has 0 spiro atoms. The molecular weight excluding hydrogens is 184 g/mol. The molecule has 0 fully saturated rings. The van der Waals surface area contributed by atoms with Gasteiger partial charge in [-0.25, -0.2) is 0 Å². The van der Waals surface area contributed by atoms with Crippen LogP contribution in [-0.4, -0.2) is 18.0 Å². The molecular formula is C10H14O4. The zero-order valence-electron chi connectivity index (χ0n) is 8.79. The van der Waals surface area contributed by atoms with Crippen LogP contribution in [0.2, 0.25) is 0 Å². The maximum Gasteiger partial charge on any atom is 0.305 e. The van der Waals surface area contributed by atoms with E-state index >= 15 is 0 Å². The molecule has 0 saturated carbocycles. The van der Waals surface area contributed by atoms with Gasteiger partial charge in [0.1, 0.15) is 11.2 Å². The van der Waals surface area contributed by atoms with Gasteiger partial charge < -0.3 is 9.47 Å². The van der Waals surface area contributed by atoms with E-state index in [4.69, 9.17) is 9.47 Å². The molecule has 78 valence electrons. The Labute approximate surface area is 82.9 Å². The van der Waals surface area contributed by atoms with Crippen molar-refractivity contribution < 1.29 is 19.1 Å². The highest BCUT2D eigenvalue weighted by Crippen LogP contribution is 2.32. The van der Waals surface area contributed by atoms with Gasteiger partial charge in [0.05, 0.1) is 0 Å². The molecule has 1 aliphatic heterocycles. The Morgan fingerprint density at radius 1 is 1.57 bits per heavy atom. The van der Waals surface area contributed by atoms with E-state index in [1.807, 2.05) is 0 Å². The lowest BCUT2D eigenvalue weighted by molar-refractivity contribution is -0.195. The monoisotopic (exact) mass is 198 g/mol. The first kappa shape index (κ1) is 10.8. The van der Waals surface area contributed by atoms with Crippen molar-refractivity contribution in [2.24, 2.45) is 5.41 Å². The number of carbonyl (C=O) groups excluding carboxylic acids is 2. The number of rotatable bonds is 1. The van der Waals surface area contributed by atoms with Gasteiger partial charge in [-0.15, -0.1) is 0 Å². The smallest absolute Gasteiger partial charge is 0.305 e. The lowest BCUT2D eigenvalue weighted by Crippen LogP contribution is -2.43. The third kappa shape index (κ3) is 1.95. The summed E-state index contributed by atoms with van der Waals surface area (Å²) in [7, 11) is 0. The molecule has 0 aromatic carbocycles. The van der Waals surface area contributed by atoms with Gasteiger partial charge in [0.2, 0.25) is 0 Å². The molecule has 0 aromatic rings. The molecule has 0 bridgehead atoms. The summed E-state index contributed by atoms with van der Waals surface area (Å²) in [6.45, 7) is 6.32. The quantitative estimate of drug-likeness (QED) is 0.598. The van der Waals surface area contributed by atoms with E-state index in [0.29, 0.717) is 5.76 Å². The summed E-state index contributed by atoms with van der Waals surface area (Å²) in [5.74, 6) is -0.0707. The van der Waals surface area contributed by atoms with Crippen LogP contribution in [0.15, 0.2) is 11.8 Å². The molecule has 0 aromatic heterocycles. The second kappa shape index (κ2) is 3.44. The molecule has 1 unspecified atom stereocenters. The molecule has 0 saturated heterocycles. The zero-order valence-corrected chi connectivity index (χ0v) is 8.79. The summed E-state index contributed by atoms with van der Waals surface area (Å²) >= 11 is 0. The molecule has 1 heterocycles. The fourth-order valence-corrected chi connectivity index (χ4v) is 1.16. The van der Waals surface area contributed by atoms with Gasteiger partial charge in [-0.3, -0.25) is 9.59 Å². The Bertz CT molecular complexity index is 301. The molecule has 1 rings (SSSR count). The Hall–Kier alpha value is -1.32. The third-order valence-corrected chi connectivity index (χ3v) is 2.12. The van der Waals surface area contributed by atoms with Crippen LogP contribution in [-0.2, 0) is 19.1 Å². The Morgan fingerprint density at radius 3 is 2.64 bits per heavy atom. The van der Waals surface area contributed by atoms with Crippen LogP contribution in [0, 0.1) is 5.41 Å². The third-order valence-electron chi connectivity index (χ3n) is 2.12. The first-order chi connectivity index (χ1) is 6.34. The minimum atomic E-state index is -0.822. The van der Waals surface area contributed by atoms with Gasteiger partial charge in [-0.05, 0) is 20.8 Å². The molecule has 0 aliphatic carbocycles. The summed E-state index contributed by atoms with van der Waals surface area (Å²) in [5.41, 5.74) is -0.814. The maximum atomic E-state index is 11.6. The second-order valence-corrected chi connectivity index (χ2v) is 3.90. The average Bonchev–Trinajstić information content (AvgIpc) is 1.99. The van der Waals surface area contributed by atoms with Gasteiger partial charge in [-0.2, -0.15) is 0 Å². The summed E-state index contributed by atoms with van der Waals surface area (Å²) in [6, 6.07) is 0. The topological polar surface area (TPSA) is 52.6 Å². The predicted octanol–water partition coefficient (Wildman–Crippen LogP) is 1.40. The molecule has 0 amide bonds. The largest absolute Gasteiger partial charge is 0.458 e. The number of carbonyl (C=O) groups is 2. The van der Waals surface area contributed by atoms with Crippen LogP contribution in [0.1, 0.15) is 27.7 Å². The van der Waals surface area contributed by atoms with Crippen LogP contribution in [0.5, 0.6) is 0 Å². The SMILES string of the molecule is CC(=O)OC1OC(C)=CC(=O)C1(C)C. The number of ether oxygens (including phenoxy) is 2. The normalized spacial score (nSPS) is 25.0. The summed E-state index contributed by atoms with van der Waals surface area (Å²) in [6.07, 6.45) is 0.595. The first-order valence-electron chi connectivity index (χ1n) is 4.40. The molecule has 4 nitrogen and oxygen atoms in total. The van der Waals surface area contributed by atoms with E-state index in [1.165, 1.54) is 13.0 Å². The second-order valence-electron chi connectivity index (χ2n) is 3.90. The zero-order chi connectivity index (χ0) is 10.9. The minimum Gasteiger partial charge on any atom is -0.458 e. The van der Waals surface area contributed by atoms with Crippen molar-refractivity contribution >= 4 is 11.8 Å². The van der Waals surface area contributed by atoms with Crippen LogP contribution in [0.25, 0.3) is 0 Å². The molecule has 4 heteroatoms. The van der Waals surface area contributed by atoms with Crippen LogP contribution >= 0.6 is 0 Å². The van der Waals surface area contributed by atoms with Gasteiger partial charge in [-0.1, -0.05) is 0 Å². The van der Waals surface area contributed by atoms with E-state index in [2.05, 4.69) is 0 Å². The van der Waals surface area contributed by atoms with Crippen molar-refractivity contribution in [3.63, 3.8) is 0 Å². The van der Waals surface area contributed by atoms with Crippen molar-refractivity contribution in [2.45, 2.75) is 34.0 Å². The van der Waals surface area contributed by atoms with Gasteiger partial charge in [0.15, 0.2) is 5.78 Å². The number of hydrogen-bond donors (Lipinski definition) is 0. The van der Waals surface area contributed by atoms with Gasteiger partial charge in [0, 0.05) is 13.0 Å². The average molecular weight is 198 g/mol. The van der Waals surface area contributed by atoms with Crippen LogP contribution in [0.4, 0.5) is 0 Å². The number of allylic oxidation sites excluding steroid dienone is 2. The number of hydrogen-bond acceptors (Lipinski definition) is 4. The summed E-state index contributed by atoms with van der Waals surface area (Å²) in [4.78, 5) is 22.4. The molecule has 14 heavy (non-hydrogen) atoms. The number of esters is 1. The molecule has 0 radical (unpaired) electrons. The summed E-state index contributed by atoms with van der Waals surface area (Å²) in [5, 5.41) is 0. The highest BCUT2D eigenvalue weighted by Gasteiger charge is 2.42. The van der Waals surface area contributed by atoms with E-state index in [1.54, 1.807) is 20.8 Å². The molecule has 1 atom stereocenters. The fourth-order valence-electron chi connectivity index (χ4n) is 1.16. The van der Waals surface area contributed by atoms with Crippen molar-refractivity contribution in [2.75, 3.05) is 0 Å². The number of ketones is 1. The lowest BCUT2D eigenvalue weighted by Gasteiger charge is -2.34. The van der Waals surface area contributed by atoms with Gasteiger partial charge >= 0.3 is 5.97 Å². The van der Waals surface area contributed by atoms with Crippen molar-refractivity contribution in [1.29, 1.82) is 0 Å².